The molecule has 4 N–H and O–H groups in total. The topological polar surface area (TPSA) is 112 Å². The maximum absolute atomic E-state index is 12.8. The number of aryl methyl sites for hydroxylation is 1. The third-order valence-corrected chi connectivity index (χ3v) is 3.59. The molecular formula is C16H16N6O. The molecule has 0 aliphatic heterocycles. The van der Waals surface area contributed by atoms with E-state index in [1.54, 1.807) is 24.4 Å². The summed E-state index contributed by atoms with van der Waals surface area (Å²) in [4.78, 5) is 18.2. The number of carbonyl (C=O) groups is 1. The van der Waals surface area contributed by atoms with E-state index < -0.39 is 0 Å². The van der Waals surface area contributed by atoms with Gasteiger partial charge < -0.3 is 5.73 Å². The molecule has 0 saturated heterocycles. The average molecular weight is 308 g/mol. The average Bonchev–Trinajstić information content (AvgIpc) is 3.03. The number of nitrogens with two attached hydrogens (primary N) is 1. The van der Waals surface area contributed by atoms with Crippen molar-refractivity contribution in [1.29, 1.82) is 5.41 Å². The number of aromatic nitrogens is 3. The van der Waals surface area contributed by atoms with E-state index in [2.05, 4.69) is 15.2 Å². The van der Waals surface area contributed by atoms with Gasteiger partial charge in [-0.25, -0.2) is 4.90 Å². The van der Waals surface area contributed by atoms with E-state index in [9.17, 15) is 4.79 Å². The van der Waals surface area contributed by atoms with Crippen LogP contribution in [0.3, 0.4) is 0 Å². The molecule has 3 aromatic rings. The lowest BCUT2D eigenvalue weighted by molar-refractivity contribution is 0.100. The Bertz CT molecular complexity index is 885. The summed E-state index contributed by atoms with van der Waals surface area (Å²) < 4.78 is 0. The Morgan fingerprint density at radius 1 is 1.39 bits per heavy atom. The predicted octanol–water partition coefficient (Wildman–Crippen LogP) is 2.06. The highest BCUT2D eigenvalue weighted by atomic mass is 16.2. The Hall–Kier alpha value is -3.22. The molecule has 0 saturated carbocycles. The number of benzene rings is 1. The van der Waals surface area contributed by atoms with Crippen molar-refractivity contribution in [3.05, 3.63) is 54.0 Å². The van der Waals surface area contributed by atoms with Crippen molar-refractivity contribution in [3.63, 3.8) is 0 Å². The van der Waals surface area contributed by atoms with E-state index in [4.69, 9.17) is 11.1 Å². The van der Waals surface area contributed by atoms with Gasteiger partial charge in [0, 0.05) is 17.3 Å². The maximum atomic E-state index is 12.8. The fraction of sp³-hybridized carbons (Fsp3) is 0.125. The molecule has 0 unspecified atom stereocenters. The summed E-state index contributed by atoms with van der Waals surface area (Å²) in [6.45, 7) is 1.92. The second-order valence-corrected chi connectivity index (χ2v) is 5.02. The van der Waals surface area contributed by atoms with Crippen LogP contribution < -0.4 is 10.6 Å². The molecular weight excluding hydrogens is 292 g/mol. The van der Waals surface area contributed by atoms with E-state index in [-0.39, 0.29) is 11.9 Å². The minimum Gasteiger partial charge on any atom is -0.369 e. The van der Waals surface area contributed by atoms with Crippen molar-refractivity contribution in [2.45, 2.75) is 13.3 Å². The molecule has 7 nitrogen and oxygen atoms in total. The third-order valence-electron chi connectivity index (χ3n) is 3.59. The van der Waals surface area contributed by atoms with Crippen molar-refractivity contribution in [2.24, 2.45) is 5.73 Å². The van der Waals surface area contributed by atoms with Crippen LogP contribution in [0.1, 0.15) is 23.0 Å². The number of pyridine rings is 1. The number of carbonyl (C=O) groups excluding carboxylic acids is 1. The molecule has 0 fully saturated rings. The normalized spacial score (nSPS) is 10.7. The minimum absolute atomic E-state index is 0.346. The third kappa shape index (κ3) is 2.64. The van der Waals surface area contributed by atoms with Crippen molar-refractivity contribution in [1.82, 2.24) is 15.2 Å². The summed E-state index contributed by atoms with van der Waals surface area (Å²) in [6, 6.07) is 9.01. The fourth-order valence-electron chi connectivity index (χ4n) is 2.45. The first-order valence-corrected chi connectivity index (χ1v) is 7.17. The lowest BCUT2D eigenvalue weighted by Gasteiger charge is -2.21. The highest BCUT2D eigenvalue weighted by Crippen LogP contribution is 2.23. The van der Waals surface area contributed by atoms with E-state index in [1.807, 2.05) is 19.1 Å². The maximum Gasteiger partial charge on any atom is 0.268 e. The van der Waals surface area contributed by atoms with Crippen LogP contribution in [0.15, 0.2) is 42.7 Å². The van der Waals surface area contributed by atoms with Crippen LogP contribution in [0.4, 0.5) is 5.69 Å². The first-order valence-electron chi connectivity index (χ1n) is 7.17. The molecule has 116 valence electrons. The van der Waals surface area contributed by atoms with Gasteiger partial charge in [-0.05, 0) is 30.7 Å². The van der Waals surface area contributed by atoms with Crippen LogP contribution in [0.25, 0.3) is 10.9 Å². The monoisotopic (exact) mass is 308 g/mol. The molecule has 0 aliphatic carbocycles. The number of nitrogens with one attached hydrogen (secondary N) is 2. The molecule has 1 aromatic carbocycles. The molecule has 3 rings (SSSR count). The smallest absolute Gasteiger partial charge is 0.268 e. The van der Waals surface area contributed by atoms with Crippen molar-refractivity contribution < 1.29 is 4.79 Å². The second kappa shape index (κ2) is 5.88. The van der Waals surface area contributed by atoms with Gasteiger partial charge in [-0.15, -0.1) is 0 Å². The van der Waals surface area contributed by atoms with Crippen LogP contribution >= 0.6 is 0 Å². The number of H-pyrrole nitrogens is 1. The van der Waals surface area contributed by atoms with Gasteiger partial charge >= 0.3 is 0 Å². The van der Waals surface area contributed by atoms with E-state index in [0.717, 1.165) is 15.8 Å². The van der Waals surface area contributed by atoms with Gasteiger partial charge in [-0.1, -0.05) is 13.0 Å². The first-order chi connectivity index (χ1) is 11.1. The molecule has 0 bridgehead atoms. The van der Waals surface area contributed by atoms with Gasteiger partial charge in [0.15, 0.2) is 5.96 Å². The minimum atomic E-state index is -0.383. The molecule has 0 radical (unpaired) electrons. The molecule has 2 heterocycles. The second-order valence-electron chi connectivity index (χ2n) is 5.02. The van der Waals surface area contributed by atoms with Gasteiger partial charge in [0.2, 0.25) is 0 Å². The Morgan fingerprint density at radius 3 is 2.96 bits per heavy atom. The highest BCUT2D eigenvalue weighted by Gasteiger charge is 2.24. The molecule has 7 heteroatoms. The van der Waals surface area contributed by atoms with Gasteiger partial charge in [-0.2, -0.15) is 5.10 Å². The highest BCUT2D eigenvalue weighted by molar-refractivity contribution is 6.21. The number of rotatable bonds is 3. The number of nitrogens with zero attached hydrogens (tertiary/aromatic N) is 3. The fourth-order valence-corrected chi connectivity index (χ4v) is 2.45. The molecule has 1 amide bonds. The van der Waals surface area contributed by atoms with Crippen molar-refractivity contribution >= 4 is 28.5 Å². The predicted molar refractivity (Wildman–Crippen MR) is 88.4 cm³/mol. The van der Waals surface area contributed by atoms with E-state index in [0.29, 0.717) is 23.4 Å². The Balaban J connectivity index is 2.07. The van der Waals surface area contributed by atoms with Crippen LogP contribution in [0.5, 0.6) is 0 Å². The quantitative estimate of drug-likeness (QED) is 0.508. The molecule has 0 aliphatic rings. The zero-order valence-electron chi connectivity index (χ0n) is 12.6. The summed E-state index contributed by atoms with van der Waals surface area (Å²) in [5.41, 5.74) is 8.11. The number of anilines is 1. The van der Waals surface area contributed by atoms with Gasteiger partial charge in [0.05, 0.1) is 23.0 Å². The summed E-state index contributed by atoms with van der Waals surface area (Å²) in [6.07, 6.45) is 3.79. The SMILES string of the molecule is CCc1[nH]ncc1C(=O)N(C(=N)N)c1ccc2ncccc2c1. The van der Waals surface area contributed by atoms with E-state index in [1.165, 1.54) is 6.20 Å². The molecule has 0 spiro atoms. The van der Waals surface area contributed by atoms with Crippen molar-refractivity contribution in [2.75, 3.05) is 4.90 Å². The lowest BCUT2D eigenvalue weighted by atomic mass is 10.1. The Kier molecular flexibility index (Phi) is 3.76. The largest absolute Gasteiger partial charge is 0.369 e. The number of hydrogen-bond donors (Lipinski definition) is 3. The Morgan fingerprint density at radius 2 is 2.22 bits per heavy atom. The zero-order valence-corrected chi connectivity index (χ0v) is 12.6. The first kappa shape index (κ1) is 14.7. The summed E-state index contributed by atoms with van der Waals surface area (Å²) in [7, 11) is 0. The van der Waals surface area contributed by atoms with Crippen LogP contribution in [-0.2, 0) is 6.42 Å². The molecule has 2 aromatic heterocycles. The van der Waals surface area contributed by atoms with Crippen molar-refractivity contribution in [3.8, 4) is 0 Å². The number of aromatic amines is 1. The summed E-state index contributed by atoms with van der Waals surface area (Å²) in [5, 5.41) is 15.4. The summed E-state index contributed by atoms with van der Waals surface area (Å²) in [5.74, 6) is -0.729. The molecule has 0 atom stereocenters. The van der Waals surface area contributed by atoms with Crippen LogP contribution in [0.2, 0.25) is 0 Å². The molecule has 23 heavy (non-hydrogen) atoms. The number of guanidine groups is 1. The zero-order chi connectivity index (χ0) is 16.4. The number of hydrogen-bond acceptors (Lipinski definition) is 4. The number of fused-ring (bicyclic) bond motifs is 1. The van der Waals surface area contributed by atoms with Crippen LogP contribution in [0, 0.1) is 5.41 Å². The van der Waals surface area contributed by atoms with Gasteiger partial charge in [0.1, 0.15) is 0 Å². The van der Waals surface area contributed by atoms with Crippen LogP contribution in [-0.4, -0.2) is 27.0 Å². The number of amides is 1. The summed E-state index contributed by atoms with van der Waals surface area (Å²) >= 11 is 0. The van der Waals surface area contributed by atoms with E-state index >= 15 is 0 Å². The lowest BCUT2D eigenvalue weighted by Crippen LogP contribution is -2.41. The van der Waals surface area contributed by atoms with Gasteiger partial charge in [0.25, 0.3) is 5.91 Å². The standard InChI is InChI=1S/C16H16N6O/c1-2-13-12(9-20-21-13)15(23)22(16(17)18)11-5-6-14-10(8-11)4-3-7-19-14/h3-9H,2H2,1H3,(H3,17,18)(H,20,21). The van der Waals surface area contributed by atoms with Gasteiger partial charge in [-0.3, -0.25) is 20.3 Å². The Labute approximate surface area is 132 Å².